The summed E-state index contributed by atoms with van der Waals surface area (Å²) in [7, 11) is -0.548. The molecule has 138 valence electrons. The van der Waals surface area contributed by atoms with Gasteiger partial charge in [0.05, 0.1) is 19.4 Å². The van der Waals surface area contributed by atoms with Crippen molar-refractivity contribution in [2.75, 3.05) is 33.8 Å². The van der Waals surface area contributed by atoms with E-state index >= 15 is 0 Å². The maximum absolute atomic E-state index is 13.5. The lowest BCUT2D eigenvalue weighted by Crippen LogP contribution is -2.48. The molecule has 2 aliphatic heterocycles. The average molecular weight is 372 g/mol. The van der Waals surface area contributed by atoms with Crippen LogP contribution in [-0.4, -0.2) is 63.1 Å². The highest BCUT2D eigenvalue weighted by Gasteiger charge is 2.47. The summed E-state index contributed by atoms with van der Waals surface area (Å²) in [5, 5.41) is 0. The maximum atomic E-state index is 13.5. The molecule has 1 amide bonds. The Balaban J connectivity index is 1.71. The van der Waals surface area contributed by atoms with Crippen LogP contribution in [0.4, 0.5) is 9.18 Å². The molecule has 0 atom stereocenters. The van der Waals surface area contributed by atoms with E-state index in [1.54, 1.807) is 7.05 Å². The lowest BCUT2D eigenvalue weighted by Gasteiger charge is -2.36. The minimum Gasteiger partial charge on any atom is -0.496 e. The van der Waals surface area contributed by atoms with Gasteiger partial charge in [-0.25, -0.2) is 21.9 Å². The van der Waals surface area contributed by atoms with E-state index in [4.69, 9.17) is 9.47 Å². The number of hydrogen-bond acceptors (Lipinski definition) is 5. The van der Waals surface area contributed by atoms with Gasteiger partial charge < -0.3 is 14.4 Å². The van der Waals surface area contributed by atoms with Gasteiger partial charge in [-0.1, -0.05) is 0 Å². The van der Waals surface area contributed by atoms with Crippen LogP contribution >= 0.6 is 0 Å². The molecule has 9 heteroatoms. The van der Waals surface area contributed by atoms with Crippen molar-refractivity contribution < 1.29 is 27.1 Å². The van der Waals surface area contributed by atoms with Crippen molar-refractivity contribution in [3.63, 3.8) is 0 Å². The van der Waals surface area contributed by atoms with Gasteiger partial charge in [0.25, 0.3) is 0 Å². The zero-order valence-corrected chi connectivity index (χ0v) is 15.0. The number of piperidine rings is 1. The van der Waals surface area contributed by atoms with Crippen LogP contribution in [0.3, 0.4) is 0 Å². The van der Waals surface area contributed by atoms with Gasteiger partial charge in [-0.2, -0.15) is 0 Å². The van der Waals surface area contributed by atoms with E-state index in [-0.39, 0.29) is 30.5 Å². The zero-order valence-electron chi connectivity index (χ0n) is 14.2. The quantitative estimate of drug-likeness (QED) is 0.802. The SMILES string of the molecule is COc1ccc(F)cc1CS(=O)(=O)N1CCC2(CC1)CN(C)C(=O)O2. The van der Waals surface area contributed by atoms with Crippen LogP contribution in [0.1, 0.15) is 18.4 Å². The standard InChI is InChI=1S/C16H21FN2O5S/c1-18-11-16(24-15(18)20)5-7-19(8-6-16)25(21,22)10-12-9-13(17)3-4-14(12)23-2/h3-4,9H,5-8,10-11H2,1-2H3. The molecule has 2 aliphatic rings. The van der Waals surface area contributed by atoms with E-state index in [1.807, 2.05) is 0 Å². The number of amides is 1. The molecule has 0 unspecified atom stereocenters. The fraction of sp³-hybridized carbons (Fsp3) is 0.562. The third kappa shape index (κ3) is 3.57. The van der Waals surface area contributed by atoms with Gasteiger partial charge in [0.2, 0.25) is 10.0 Å². The first-order valence-electron chi connectivity index (χ1n) is 7.99. The predicted octanol–water partition coefficient (Wildman–Crippen LogP) is 1.58. The Bertz CT molecular complexity index is 775. The molecule has 0 radical (unpaired) electrons. The number of rotatable bonds is 4. The smallest absolute Gasteiger partial charge is 0.410 e. The Morgan fingerprint density at radius 1 is 1.32 bits per heavy atom. The molecule has 25 heavy (non-hydrogen) atoms. The van der Waals surface area contributed by atoms with Gasteiger partial charge >= 0.3 is 6.09 Å². The summed E-state index contributed by atoms with van der Waals surface area (Å²) in [5.74, 6) is -0.505. The molecule has 2 fully saturated rings. The Hall–Kier alpha value is -1.87. The number of hydrogen-bond donors (Lipinski definition) is 0. The molecular weight excluding hydrogens is 351 g/mol. The minimum absolute atomic E-state index is 0.265. The first-order valence-corrected chi connectivity index (χ1v) is 9.60. The third-order valence-corrected chi connectivity index (χ3v) is 6.58. The number of nitrogens with zero attached hydrogens (tertiary/aromatic N) is 2. The molecule has 0 bridgehead atoms. The molecule has 2 heterocycles. The highest BCUT2D eigenvalue weighted by atomic mass is 32.2. The second kappa shape index (κ2) is 6.45. The van der Waals surface area contributed by atoms with E-state index in [9.17, 15) is 17.6 Å². The Morgan fingerprint density at radius 2 is 2.00 bits per heavy atom. The van der Waals surface area contributed by atoms with Gasteiger partial charge in [-0.05, 0) is 18.2 Å². The van der Waals surface area contributed by atoms with Gasteiger partial charge in [-0.15, -0.1) is 0 Å². The van der Waals surface area contributed by atoms with Crippen LogP contribution in [0, 0.1) is 5.82 Å². The van der Waals surface area contributed by atoms with E-state index in [0.717, 1.165) is 0 Å². The van der Waals surface area contributed by atoms with Crippen molar-refractivity contribution in [2.45, 2.75) is 24.2 Å². The van der Waals surface area contributed by atoms with Crippen molar-refractivity contribution in [3.05, 3.63) is 29.6 Å². The number of likely N-dealkylation sites (N-methyl/N-ethyl adjacent to an activating group) is 1. The molecule has 3 rings (SSSR count). The summed E-state index contributed by atoms with van der Waals surface area (Å²) in [6.45, 7) is 1.000. The predicted molar refractivity (Wildman–Crippen MR) is 88.2 cm³/mol. The molecule has 1 aromatic carbocycles. The van der Waals surface area contributed by atoms with Gasteiger partial charge in [0.1, 0.15) is 17.2 Å². The van der Waals surface area contributed by atoms with Crippen molar-refractivity contribution in [1.82, 2.24) is 9.21 Å². The number of methoxy groups -OCH3 is 1. The number of carbonyl (C=O) groups is 1. The summed E-state index contributed by atoms with van der Waals surface area (Å²) < 4.78 is 50.8. The maximum Gasteiger partial charge on any atom is 0.410 e. The summed E-state index contributed by atoms with van der Waals surface area (Å²) in [6, 6.07) is 3.82. The van der Waals surface area contributed by atoms with E-state index in [1.165, 1.54) is 34.5 Å². The van der Waals surface area contributed by atoms with Crippen LogP contribution < -0.4 is 4.74 Å². The molecule has 7 nitrogen and oxygen atoms in total. The second-order valence-corrected chi connectivity index (χ2v) is 8.49. The highest BCUT2D eigenvalue weighted by Crippen LogP contribution is 2.34. The van der Waals surface area contributed by atoms with E-state index < -0.39 is 21.4 Å². The van der Waals surface area contributed by atoms with Crippen LogP contribution in [0.15, 0.2) is 18.2 Å². The normalized spacial score (nSPS) is 20.8. The van der Waals surface area contributed by atoms with Crippen LogP contribution in [-0.2, 0) is 20.5 Å². The fourth-order valence-corrected chi connectivity index (χ4v) is 4.91. The second-order valence-electron chi connectivity index (χ2n) is 6.52. The summed E-state index contributed by atoms with van der Waals surface area (Å²) in [4.78, 5) is 13.1. The molecule has 0 saturated carbocycles. The van der Waals surface area contributed by atoms with E-state index in [0.29, 0.717) is 25.1 Å². The summed E-state index contributed by atoms with van der Waals surface area (Å²) in [5.41, 5.74) is -0.316. The van der Waals surface area contributed by atoms with Crippen LogP contribution in [0.25, 0.3) is 0 Å². The largest absolute Gasteiger partial charge is 0.496 e. The number of benzene rings is 1. The number of sulfonamides is 1. The van der Waals surface area contributed by atoms with Crippen LogP contribution in [0.2, 0.25) is 0 Å². The summed E-state index contributed by atoms with van der Waals surface area (Å²) >= 11 is 0. The Morgan fingerprint density at radius 3 is 2.56 bits per heavy atom. The summed E-state index contributed by atoms with van der Waals surface area (Å²) in [6.07, 6.45) is 0.520. The van der Waals surface area contributed by atoms with E-state index in [2.05, 4.69) is 0 Å². The lowest BCUT2D eigenvalue weighted by atomic mass is 9.92. The van der Waals surface area contributed by atoms with Crippen molar-refractivity contribution in [3.8, 4) is 5.75 Å². The number of halogens is 1. The Kier molecular flexibility index (Phi) is 4.63. The molecule has 1 aromatic rings. The van der Waals surface area contributed by atoms with Gasteiger partial charge in [0.15, 0.2) is 0 Å². The van der Waals surface area contributed by atoms with Gasteiger partial charge in [-0.3, -0.25) is 0 Å². The molecule has 0 aromatic heterocycles. The zero-order chi connectivity index (χ0) is 18.2. The van der Waals surface area contributed by atoms with Crippen molar-refractivity contribution in [2.24, 2.45) is 0 Å². The molecular formula is C16H21FN2O5S. The third-order valence-electron chi connectivity index (χ3n) is 4.75. The average Bonchev–Trinajstić information content (AvgIpc) is 2.81. The van der Waals surface area contributed by atoms with Crippen molar-refractivity contribution >= 4 is 16.1 Å². The lowest BCUT2D eigenvalue weighted by molar-refractivity contribution is 0.0172. The highest BCUT2D eigenvalue weighted by molar-refractivity contribution is 7.88. The monoisotopic (exact) mass is 372 g/mol. The van der Waals surface area contributed by atoms with Gasteiger partial charge in [0, 0.05) is 38.5 Å². The molecule has 0 N–H and O–H groups in total. The molecule has 2 saturated heterocycles. The van der Waals surface area contributed by atoms with Crippen molar-refractivity contribution in [1.29, 1.82) is 0 Å². The molecule has 1 spiro atoms. The molecule has 0 aliphatic carbocycles. The first kappa shape index (κ1) is 17.9. The topological polar surface area (TPSA) is 76.2 Å². The number of ether oxygens (including phenoxy) is 2. The van der Waals surface area contributed by atoms with Crippen LogP contribution in [0.5, 0.6) is 5.75 Å². The first-order chi connectivity index (χ1) is 11.7. The Labute approximate surface area is 146 Å². The fourth-order valence-electron chi connectivity index (χ4n) is 3.37. The minimum atomic E-state index is -3.63. The number of carbonyl (C=O) groups excluding carboxylic acids is 1.